The van der Waals surface area contributed by atoms with Crippen LogP contribution < -0.4 is 5.32 Å². The number of fused-ring (bicyclic) bond motifs is 2. The molecule has 3 heterocycles. The number of benzene rings is 2. The highest BCUT2D eigenvalue weighted by atomic mass is 19.1. The summed E-state index contributed by atoms with van der Waals surface area (Å²) in [6.45, 7) is 1.96. The molecule has 0 aliphatic heterocycles. The van der Waals surface area contributed by atoms with Crippen LogP contribution in [0.15, 0.2) is 61.2 Å². The first-order valence-electron chi connectivity index (χ1n) is 8.85. The van der Waals surface area contributed by atoms with Crippen molar-refractivity contribution in [3.8, 4) is 5.69 Å². The maximum atomic E-state index is 14.7. The minimum atomic E-state index is -0.315. The molecule has 8 heteroatoms. The Labute approximate surface area is 159 Å². The molecule has 0 bridgehead atoms. The van der Waals surface area contributed by atoms with Crippen molar-refractivity contribution < 1.29 is 4.39 Å². The van der Waals surface area contributed by atoms with E-state index in [1.54, 1.807) is 12.4 Å². The summed E-state index contributed by atoms with van der Waals surface area (Å²) in [4.78, 5) is 20.3. The van der Waals surface area contributed by atoms with Gasteiger partial charge in [-0.05, 0) is 31.2 Å². The molecule has 3 aromatic heterocycles. The second kappa shape index (κ2) is 6.41. The SMILES string of the molecule is CC(Nc1ncnc2nc[nH]c12)c1nc2cccc(F)c2n1-c1ccccc1. The number of hydrogen-bond acceptors (Lipinski definition) is 5. The van der Waals surface area contributed by atoms with Crippen LogP contribution in [0.1, 0.15) is 18.8 Å². The van der Waals surface area contributed by atoms with Gasteiger partial charge >= 0.3 is 0 Å². The van der Waals surface area contributed by atoms with E-state index in [1.165, 1.54) is 12.4 Å². The fourth-order valence-corrected chi connectivity index (χ4v) is 3.38. The molecule has 0 fully saturated rings. The van der Waals surface area contributed by atoms with Crippen LogP contribution in [0, 0.1) is 5.82 Å². The monoisotopic (exact) mass is 373 g/mol. The van der Waals surface area contributed by atoms with E-state index >= 15 is 0 Å². The number of aromatic amines is 1. The summed E-state index contributed by atoms with van der Waals surface area (Å²) in [5.74, 6) is 0.977. The average molecular weight is 373 g/mol. The Morgan fingerprint density at radius 2 is 1.89 bits per heavy atom. The lowest BCUT2D eigenvalue weighted by Crippen LogP contribution is -2.14. The van der Waals surface area contributed by atoms with Gasteiger partial charge in [0.05, 0.1) is 17.9 Å². The predicted octanol–water partition coefficient (Wildman–Crippen LogP) is 4.00. The third kappa shape index (κ3) is 2.58. The first-order valence-corrected chi connectivity index (χ1v) is 8.85. The molecule has 1 atom stereocenters. The number of aromatic nitrogens is 6. The average Bonchev–Trinajstić information content (AvgIpc) is 3.34. The van der Waals surface area contributed by atoms with Crippen LogP contribution in [0.5, 0.6) is 0 Å². The van der Waals surface area contributed by atoms with Gasteiger partial charge in [-0.25, -0.2) is 24.3 Å². The molecule has 0 amide bonds. The maximum absolute atomic E-state index is 14.7. The molecule has 1 unspecified atom stereocenters. The van der Waals surface area contributed by atoms with Crippen molar-refractivity contribution in [3.63, 3.8) is 0 Å². The third-order valence-corrected chi connectivity index (χ3v) is 4.63. The van der Waals surface area contributed by atoms with Gasteiger partial charge in [-0.2, -0.15) is 0 Å². The first kappa shape index (κ1) is 16.4. The van der Waals surface area contributed by atoms with E-state index in [0.29, 0.717) is 33.8 Å². The smallest absolute Gasteiger partial charge is 0.182 e. The van der Waals surface area contributed by atoms with Gasteiger partial charge in [0.15, 0.2) is 11.5 Å². The zero-order valence-electron chi connectivity index (χ0n) is 15.0. The minimum absolute atomic E-state index is 0.256. The van der Waals surface area contributed by atoms with Gasteiger partial charge in [-0.1, -0.05) is 24.3 Å². The maximum Gasteiger partial charge on any atom is 0.182 e. The zero-order valence-corrected chi connectivity index (χ0v) is 15.0. The highest BCUT2D eigenvalue weighted by Gasteiger charge is 2.21. The van der Waals surface area contributed by atoms with Gasteiger partial charge in [0.2, 0.25) is 0 Å². The number of para-hydroxylation sites is 2. The second-order valence-electron chi connectivity index (χ2n) is 6.44. The Kier molecular flexibility index (Phi) is 3.75. The number of anilines is 1. The van der Waals surface area contributed by atoms with Crippen LogP contribution >= 0.6 is 0 Å². The molecular formula is C20H16FN7. The van der Waals surface area contributed by atoms with Crippen LogP contribution in [0.2, 0.25) is 0 Å². The van der Waals surface area contributed by atoms with Gasteiger partial charge in [0.1, 0.15) is 29.0 Å². The van der Waals surface area contributed by atoms with Crippen molar-refractivity contribution in [2.24, 2.45) is 0 Å². The molecule has 138 valence electrons. The molecule has 5 aromatic rings. The van der Waals surface area contributed by atoms with Crippen LogP contribution in [0.4, 0.5) is 10.2 Å². The molecule has 28 heavy (non-hydrogen) atoms. The third-order valence-electron chi connectivity index (χ3n) is 4.63. The van der Waals surface area contributed by atoms with Gasteiger partial charge in [0.25, 0.3) is 0 Å². The van der Waals surface area contributed by atoms with E-state index in [2.05, 4.69) is 25.3 Å². The van der Waals surface area contributed by atoms with E-state index < -0.39 is 0 Å². The van der Waals surface area contributed by atoms with Crippen molar-refractivity contribution in [3.05, 3.63) is 72.8 Å². The van der Waals surface area contributed by atoms with Gasteiger partial charge in [-0.3, -0.25) is 4.57 Å². The first-order chi connectivity index (χ1) is 13.7. The summed E-state index contributed by atoms with van der Waals surface area (Å²) < 4.78 is 16.5. The summed E-state index contributed by atoms with van der Waals surface area (Å²) in [5.41, 5.74) is 3.18. The summed E-state index contributed by atoms with van der Waals surface area (Å²) in [5, 5.41) is 3.35. The Balaban J connectivity index is 1.66. The summed E-state index contributed by atoms with van der Waals surface area (Å²) in [6, 6.07) is 14.3. The van der Waals surface area contributed by atoms with Gasteiger partial charge in [0, 0.05) is 5.69 Å². The van der Waals surface area contributed by atoms with Crippen LogP contribution in [-0.4, -0.2) is 29.5 Å². The fraction of sp³-hybridized carbons (Fsp3) is 0.100. The molecule has 5 rings (SSSR count). The van der Waals surface area contributed by atoms with Gasteiger partial charge < -0.3 is 10.3 Å². The molecular weight excluding hydrogens is 357 g/mol. The number of rotatable bonds is 4. The van der Waals surface area contributed by atoms with E-state index in [-0.39, 0.29) is 11.9 Å². The predicted molar refractivity (Wildman–Crippen MR) is 105 cm³/mol. The van der Waals surface area contributed by atoms with E-state index in [4.69, 9.17) is 4.98 Å². The van der Waals surface area contributed by atoms with Crippen molar-refractivity contribution in [1.29, 1.82) is 0 Å². The molecule has 0 radical (unpaired) electrons. The van der Waals surface area contributed by atoms with E-state index in [9.17, 15) is 4.39 Å². The number of imidazole rings is 2. The molecule has 7 nitrogen and oxygen atoms in total. The topological polar surface area (TPSA) is 84.3 Å². The highest BCUT2D eigenvalue weighted by molar-refractivity contribution is 5.82. The number of hydrogen-bond donors (Lipinski definition) is 2. The molecule has 0 aliphatic rings. The second-order valence-corrected chi connectivity index (χ2v) is 6.44. The van der Waals surface area contributed by atoms with Gasteiger partial charge in [-0.15, -0.1) is 0 Å². The van der Waals surface area contributed by atoms with E-state index in [1.807, 2.05) is 47.9 Å². The fourth-order valence-electron chi connectivity index (χ4n) is 3.38. The summed E-state index contributed by atoms with van der Waals surface area (Å²) in [7, 11) is 0. The molecule has 2 N–H and O–H groups in total. The van der Waals surface area contributed by atoms with Crippen molar-refractivity contribution in [2.45, 2.75) is 13.0 Å². The quantitative estimate of drug-likeness (QED) is 0.497. The normalized spacial score (nSPS) is 12.5. The lowest BCUT2D eigenvalue weighted by molar-refractivity contribution is 0.632. The minimum Gasteiger partial charge on any atom is -0.358 e. The van der Waals surface area contributed by atoms with Crippen LogP contribution in [0.3, 0.4) is 0 Å². The lowest BCUT2D eigenvalue weighted by Gasteiger charge is -2.17. The van der Waals surface area contributed by atoms with Crippen molar-refractivity contribution >= 4 is 28.0 Å². The van der Waals surface area contributed by atoms with Crippen LogP contribution in [-0.2, 0) is 0 Å². The Bertz CT molecular complexity index is 1280. The number of nitrogens with one attached hydrogen (secondary N) is 2. The summed E-state index contributed by atoms with van der Waals surface area (Å²) in [6.07, 6.45) is 3.03. The largest absolute Gasteiger partial charge is 0.358 e. The number of H-pyrrole nitrogens is 1. The molecule has 0 saturated heterocycles. The zero-order chi connectivity index (χ0) is 19.1. The molecule has 2 aromatic carbocycles. The Morgan fingerprint density at radius 3 is 2.75 bits per heavy atom. The Morgan fingerprint density at radius 1 is 1.04 bits per heavy atom. The van der Waals surface area contributed by atoms with Crippen LogP contribution in [0.25, 0.3) is 27.9 Å². The van der Waals surface area contributed by atoms with Crippen molar-refractivity contribution in [2.75, 3.05) is 5.32 Å². The molecule has 0 saturated carbocycles. The standard InChI is InChI=1S/C20H16FN7/c1-12(26-19-16-18(23-10-22-16)24-11-25-19)20-27-15-9-5-8-14(21)17(15)28(20)13-6-3-2-4-7-13/h2-12H,1H3,(H2,22,23,24,25,26). The molecule has 0 spiro atoms. The number of halogens is 1. The van der Waals surface area contributed by atoms with E-state index in [0.717, 1.165) is 5.69 Å². The summed E-state index contributed by atoms with van der Waals surface area (Å²) >= 11 is 0. The number of nitrogens with zero attached hydrogens (tertiary/aromatic N) is 5. The highest BCUT2D eigenvalue weighted by Crippen LogP contribution is 2.29. The molecule has 0 aliphatic carbocycles. The lowest BCUT2D eigenvalue weighted by atomic mass is 10.2. The van der Waals surface area contributed by atoms with Crippen molar-refractivity contribution in [1.82, 2.24) is 29.5 Å². The Hall–Kier alpha value is -3.81.